The van der Waals surface area contributed by atoms with Gasteiger partial charge < -0.3 is 9.13 Å². The van der Waals surface area contributed by atoms with Crippen LogP contribution in [0.2, 0.25) is 5.54 Å². The second-order valence-electron chi connectivity index (χ2n) is 9.41. The first-order valence-corrected chi connectivity index (χ1v) is 14.0. The maximum atomic E-state index is 2.79. The molecule has 0 saturated heterocycles. The quantitative estimate of drug-likeness (QED) is 0.220. The third kappa shape index (κ3) is 7.01. The number of hydrogen-bond donors (Lipinski definition) is 0. The van der Waals surface area contributed by atoms with Gasteiger partial charge in [0.2, 0.25) is 0 Å². The van der Waals surface area contributed by atoms with E-state index in [2.05, 4.69) is 144 Å². The van der Waals surface area contributed by atoms with Gasteiger partial charge in [-0.2, -0.15) is 0 Å². The highest BCUT2D eigenvalue weighted by Crippen LogP contribution is 2.25. The van der Waals surface area contributed by atoms with Gasteiger partial charge in [-0.15, -0.1) is 0 Å². The molecule has 4 aromatic carbocycles. The molecule has 3 heteroatoms. The van der Waals surface area contributed by atoms with Gasteiger partial charge in [0.15, 0.2) is 9.12 Å². The summed E-state index contributed by atoms with van der Waals surface area (Å²) < 4.78 is 5.59. The van der Waals surface area contributed by atoms with Crippen molar-refractivity contribution in [2.45, 2.75) is 45.6 Å². The fourth-order valence-corrected chi connectivity index (χ4v) is 8.57. The van der Waals surface area contributed by atoms with Crippen molar-refractivity contribution in [3.05, 3.63) is 144 Å². The van der Waals surface area contributed by atoms with Crippen LogP contribution in [0.3, 0.4) is 0 Å². The van der Waals surface area contributed by atoms with Gasteiger partial charge in [-0.3, -0.25) is 0 Å². The summed E-state index contributed by atoms with van der Waals surface area (Å²) in [4.78, 5) is 0. The zero-order valence-electron chi connectivity index (χ0n) is 20.4. The van der Waals surface area contributed by atoms with Crippen molar-refractivity contribution in [3.63, 3.8) is 0 Å². The van der Waals surface area contributed by atoms with E-state index in [1.165, 1.54) is 22.3 Å². The van der Waals surface area contributed by atoms with Crippen LogP contribution in [0.5, 0.6) is 0 Å². The summed E-state index contributed by atoms with van der Waals surface area (Å²) in [7, 11) is -1.55. The van der Waals surface area contributed by atoms with Gasteiger partial charge in [0, 0.05) is 26.2 Å². The average molecular weight is 465 g/mol. The Hall–Kier alpha value is -2.98. The van der Waals surface area contributed by atoms with Crippen LogP contribution in [0.1, 0.15) is 36.1 Å². The van der Waals surface area contributed by atoms with Gasteiger partial charge >= 0.3 is 0 Å². The van der Waals surface area contributed by atoms with Crippen LogP contribution < -0.4 is 0 Å². The molecular formula is C31H36N2Si. The molecule has 0 bridgehead atoms. The molecule has 0 aliphatic carbocycles. The Morgan fingerprint density at radius 1 is 0.441 bits per heavy atom. The molecule has 0 aliphatic heterocycles. The average Bonchev–Trinajstić information content (AvgIpc) is 2.86. The summed E-state index contributed by atoms with van der Waals surface area (Å²) in [6.07, 6.45) is 0. The van der Waals surface area contributed by atoms with Gasteiger partial charge in [-0.1, -0.05) is 135 Å². The largest absolute Gasteiger partial charge is 0.306 e. The fourth-order valence-electron chi connectivity index (χ4n) is 4.83. The Labute approximate surface area is 207 Å². The lowest BCUT2D eigenvalue weighted by atomic mass is 10.2. The third-order valence-electron chi connectivity index (χ3n) is 6.26. The predicted molar refractivity (Wildman–Crippen MR) is 147 cm³/mol. The topological polar surface area (TPSA) is 6.48 Å². The minimum absolute atomic E-state index is 0.597. The van der Waals surface area contributed by atoms with Crippen molar-refractivity contribution >= 4 is 9.12 Å². The highest BCUT2D eigenvalue weighted by Gasteiger charge is 2.31. The number of benzene rings is 4. The van der Waals surface area contributed by atoms with Crippen LogP contribution >= 0.6 is 0 Å². The van der Waals surface area contributed by atoms with Gasteiger partial charge in [-0.25, -0.2) is 0 Å². The Kier molecular flexibility index (Phi) is 8.86. The molecule has 0 radical (unpaired) electrons. The highest BCUT2D eigenvalue weighted by molar-refractivity contribution is 6.54. The summed E-state index contributed by atoms with van der Waals surface area (Å²) in [6, 6.07) is 43.9. The fraction of sp³-hybridized carbons (Fsp3) is 0.226. The summed E-state index contributed by atoms with van der Waals surface area (Å²) >= 11 is 0. The van der Waals surface area contributed by atoms with Gasteiger partial charge in [0.05, 0.1) is 0 Å². The van der Waals surface area contributed by atoms with E-state index in [0.29, 0.717) is 5.54 Å². The second kappa shape index (κ2) is 12.5. The van der Waals surface area contributed by atoms with E-state index < -0.39 is 9.12 Å². The van der Waals surface area contributed by atoms with Gasteiger partial charge in [0.25, 0.3) is 0 Å². The summed E-state index contributed by atoms with van der Waals surface area (Å²) in [5.41, 5.74) is 6.14. The monoisotopic (exact) mass is 464 g/mol. The summed E-state index contributed by atoms with van der Waals surface area (Å²) in [5, 5.41) is 0. The van der Waals surface area contributed by atoms with Gasteiger partial charge in [0.1, 0.15) is 0 Å². The standard InChI is InChI=1S/C31H36N2Si/c1-27(2)34(32(23-28-15-7-3-8-16-28)24-29-17-9-4-10-18-29)33(25-30-19-11-5-12-20-30)26-31-21-13-6-14-22-31/h3-22,27,34H,23-26H2,1-2H3. The van der Waals surface area contributed by atoms with Crippen LogP contribution in [-0.4, -0.2) is 18.3 Å². The Bertz CT molecular complexity index is 915. The first kappa shape index (κ1) is 24.2. The van der Waals surface area contributed by atoms with E-state index in [0.717, 1.165) is 26.2 Å². The summed E-state index contributed by atoms with van der Waals surface area (Å²) in [5.74, 6) is 0. The van der Waals surface area contributed by atoms with E-state index in [1.54, 1.807) is 0 Å². The van der Waals surface area contributed by atoms with Crippen molar-refractivity contribution in [1.82, 2.24) is 9.13 Å². The Balaban J connectivity index is 1.70. The molecule has 174 valence electrons. The van der Waals surface area contributed by atoms with Crippen LogP contribution in [0, 0.1) is 0 Å². The molecule has 0 aliphatic rings. The lowest BCUT2D eigenvalue weighted by Crippen LogP contribution is -2.53. The van der Waals surface area contributed by atoms with Crippen molar-refractivity contribution in [2.24, 2.45) is 0 Å². The maximum absolute atomic E-state index is 2.79. The van der Waals surface area contributed by atoms with E-state index in [4.69, 9.17) is 0 Å². The molecule has 0 heterocycles. The molecule has 0 spiro atoms. The normalized spacial score (nSPS) is 11.6. The second-order valence-corrected chi connectivity index (χ2v) is 13.0. The predicted octanol–water partition coefficient (Wildman–Crippen LogP) is 7.02. The lowest BCUT2D eigenvalue weighted by molar-refractivity contribution is 0.313. The molecular weight excluding hydrogens is 428 g/mol. The van der Waals surface area contributed by atoms with E-state index >= 15 is 0 Å². The first-order chi connectivity index (χ1) is 16.7. The molecule has 0 aromatic heterocycles. The van der Waals surface area contributed by atoms with Gasteiger partial charge in [-0.05, 0) is 27.8 Å². The number of hydrogen-bond acceptors (Lipinski definition) is 2. The highest BCUT2D eigenvalue weighted by atomic mass is 28.3. The molecule has 0 atom stereocenters. The molecule has 0 saturated carbocycles. The maximum Gasteiger partial charge on any atom is 0.193 e. The molecule has 0 N–H and O–H groups in total. The van der Waals surface area contributed by atoms with Crippen LogP contribution in [0.25, 0.3) is 0 Å². The molecule has 0 amide bonds. The number of nitrogens with zero attached hydrogens (tertiary/aromatic N) is 2. The Morgan fingerprint density at radius 2 is 0.676 bits per heavy atom. The van der Waals surface area contributed by atoms with Crippen LogP contribution in [0.4, 0.5) is 0 Å². The Morgan fingerprint density at radius 3 is 0.882 bits per heavy atom. The molecule has 4 aromatic rings. The van der Waals surface area contributed by atoms with E-state index in [-0.39, 0.29) is 0 Å². The third-order valence-corrected chi connectivity index (χ3v) is 9.68. The minimum atomic E-state index is -1.55. The molecule has 0 unspecified atom stereocenters. The first-order valence-electron chi connectivity index (χ1n) is 12.3. The molecule has 4 rings (SSSR count). The lowest BCUT2D eigenvalue weighted by Gasteiger charge is -2.41. The van der Waals surface area contributed by atoms with Crippen molar-refractivity contribution in [1.29, 1.82) is 0 Å². The smallest absolute Gasteiger partial charge is 0.193 e. The van der Waals surface area contributed by atoms with E-state index in [1.807, 2.05) is 0 Å². The minimum Gasteiger partial charge on any atom is -0.306 e. The van der Waals surface area contributed by atoms with E-state index in [9.17, 15) is 0 Å². The van der Waals surface area contributed by atoms with Crippen molar-refractivity contribution in [2.75, 3.05) is 0 Å². The zero-order chi connectivity index (χ0) is 23.6. The number of rotatable bonds is 11. The van der Waals surface area contributed by atoms with Crippen molar-refractivity contribution in [3.8, 4) is 0 Å². The molecule has 2 nitrogen and oxygen atoms in total. The van der Waals surface area contributed by atoms with Crippen LogP contribution in [0.15, 0.2) is 121 Å². The molecule has 0 fully saturated rings. The molecule has 34 heavy (non-hydrogen) atoms. The van der Waals surface area contributed by atoms with Crippen molar-refractivity contribution < 1.29 is 0 Å². The SMILES string of the molecule is CC(C)[SiH](N(Cc1ccccc1)Cc1ccccc1)N(Cc1ccccc1)Cc1ccccc1. The zero-order valence-corrected chi connectivity index (χ0v) is 21.6. The van der Waals surface area contributed by atoms with Crippen LogP contribution in [-0.2, 0) is 26.2 Å². The summed E-state index contributed by atoms with van der Waals surface area (Å²) in [6.45, 7) is 8.75.